The van der Waals surface area contributed by atoms with Crippen LogP contribution >= 0.6 is 0 Å². The highest BCUT2D eigenvalue weighted by Crippen LogP contribution is 2.22. The first-order chi connectivity index (χ1) is 9.40. The van der Waals surface area contributed by atoms with Crippen LogP contribution in [0.15, 0.2) is 12.7 Å². The van der Waals surface area contributed by atoms with Crippen molar-refractivity contribution in [3.63, 3.8) is 0 Å². The molecule has 0 aromatic rings. The van der Waals surface area contributed by atoms with Crippen molar-refractivity contribution in [2.45, 2.75) is 30.6 Å². The van der Waals surface area contributed by atoms with Gasteiger partial charge in [-0.05, 0) is 6.08 Å². The maximum Gasteiger partial charge on any atom is 0.329 e. The van der Waals surface area contributed by atoms with Gasteiger partial charge in [-0.25, -0.2) is 4.79 Å². The average Bonchev–Trinajstić information content (AvgIpc) is 2.41. The number of carboxylic acids is 1. The van der Waals surface area contributed by atoms with E-state index in [-0.39, 0.29) is 0 Å². The lowest BCUT2D eigenvalue weighted by Crippen LogP contribution is -2.64. The van der Waals surface area contributed by atoms with Gasteiger partial charge in [0.25, 0.3) is 0 Å². The number of carbonyl (C=O) groups is 2. The van der Waals surface area contributed by atoms with Crippen LogP contribution in [0.1, 0.15) is 0 Å². The van der Waals surface area contributed by atoms with Gasteiger partial charge in [-0.15, -0.1) is 0 Å². The van der Waals surface area contributed by atoms with Gasteiger partial charge in [-0.2, -0.15) is 0 Å². The van der Waals surface area contributed by atoms with Crippen molar-refractivity contribution in [1.29, 1.82) is 0 Å². The van der Waals surface area contributed by atoms with Crippen LogP contribution < -0.4 is 5.32 Å². The predicted molar refractivity (Wildman–Crippen MR) is 63.5 cm³/mol. The van der Waals surface area contributed by atoms with Crippen LogP contribution in [0.3, 0.4) is 0 Å². The molecule has 1 rings (SSSR count). The Hall–Kier alpha value is -1.52. The Labute approximate surface area is 114 Å². The van der Waals surface area contributed by atoms with Crippen molar-refractivity contribution in [2.75, 3.05) is 13.2 Å². The van der Waals surface area contributed by atoms with Crippen molar-refractivity contribution >= 4 is 11.9 Å². The predicted octanol–water partition coefficient (Wildman–Crippen LogP) is -2.80. The van der Waals surface area contributed by atoms with E-state index in [4.69, 9.17) is 19.7 Å². The molecule has 0 spiro atoms. The minimum atomic E-state index is -1.50. The number of carboxylic acid groups (broad SMARTS) is 1. The number of aliphatic hydroxyl groups is 3. The lowest BCUT2D eigenvalue weighted by atomic mass is 9.98. The highest BCUT2D eigenvalue weighted by Gasteiger charge is 2.45. The van der Waals surface area contributed by atoms with Crippen molar-refractivity contribution in [2.24, 2.45) is 0 Å². The lowest BCUT2D eigenvalue weighted by Gasteiger charge is -2.41. The van der Waals surface area contributed by atoms with E-state index in [1.165, 1.54) is 0 Å². The number of rotatable bonds is 6. The fourth-order valence-corrected chi connectivity index (χ4v) is 1.77. The summed E-state index contributed by atoms with van der Waals surface area (Å²) in [5.41, 5.74) is 0. The molecule has 1 aliphatic rings. The van der Waals surface area contributed by atoms with E-state index in [9.17, 15) is 19.8 Å². The standard InChI is InChI=1S/C11H17NO8/c1-2-6(14)12-11-9(18)10(19-4-7(15)16)8(17)5(3-13)20-11/h2,5,8-11,13,17-18H,1,3-4H2,(H,12,14)(H,15,16)/t5-,8+,9-,10+,11+/m1/s1. The van der Waals surface area contributed by atoms with Crippen molar-refractivity contribution < 1.29 is 39.5 Å². The Bertz CT molecular complexity index is 373. The first kappa shape index (κ1) is 16.5. The molecule has 0 saturated carbocycles. The molecule has 9 nitrogen and oxygen atoms in total. The number of aliphatic hydroxyl groups excluding tert-OH is 3. The third-order valence-electron chi connectivity index (χ3n) is 2.73. The minimum Gasteiger partial charge on any atom is -0.480 e. The van der Waals surface area contributed by atoms with Gasteiger partial charge in [-0.3, -0.25) is 4.79 Å². The van der Waals surface area contributed by atoms with Gasteiger partial charge in [0.2, 0.25) is 5.91 Å². The van der Waals surface area contributed by atoms with Gasteiger partial charge in [0.05, 0.1) is 6.61 Å². The summed E-state index contributed by atoms with van der Waals surface area (Å²) in [4.78, 5) is 21.7. The summed E-state index contributed by atoms with van der Waals surface area (Å²) in [6, 6.07) is 0. The Morgan fingerprint density at radius 3 is 2.50 bits per heavy atom. The number of amides is 1. The Balaban J connectivity index is 2.80. The molecular weight excluding hydrogens is 274 g/mol. The minimum absolute atomic E-state index is 0.596. The number of hydrogen-bond acceptors (Lipinski definition) is 7. The van der Waals surface area contributed by atoms with Crippen LogP contribution in [0.5, 0.6) is 0 Å². The summed E-state index contributed by atoms with van der Waals surface area (Å²) in [5, 5.41) is 39.6. The largest absolute Gasteiger partial charge is 0.480 e. The van der Waals surface area contributed by atoms with Crippen LogP contribution in [0.4, 0.5) is 0 Å². The average molecular weight is 291 g/mol. The molecule has 0 aromatic heterocycles. The van der Waals surface area contributed by atoms with Crippen LogP contribution in [0, 0.1) is 0 Å². The number of aliphatic carboxylic acids is 1. The lowest BCUT2D eigenvalue weighted by molar-refractivity contribution is -0.247. The summed E-state index contributed by atoms with van der Waals surface area (Å²) in [7, 11) is 0. The third kappa shape index (κ3) is 3.99. The zero-order chi connectivity index (χ0) is 15.3. The molecule has 1 heterocycles. The summed E-state index contributed by atoms with van der Waals surface area (Å²) in [6.45, 7) is 1.88. The first-order valence-electron chi connectivity index (χ1n) is 5.79. The van der Waals surface area contributed by atoms with Crippen LogP contribution in [0.25, 0.3) is 0 Å². The second-order valence-electron chi connectivity index (χ2n) is 4.14. The molecule has 0 aromatic carbocycles. The molecule has 0 bridgehead atoms. The maximum atomic E-state index is 11.2. The first-order valence-corrected chi connectivity index (χ1v) is 5.79. The molecule has 1 amide bonds. The molecule has 5 N–H and O–H groups in total. The molecule has 0 radical (unpaired) electrons. The fraction of sp³-hybridized carbons (Fsp3) is 0.636. The van der Waals surface area contributed by atoms with Gasteiger partial charge in [0.15, 0.2) is 6.23 Å². The van der Waals surface area contributed by atoms with Gasteiger partial charge >= 0.3 is 5.97 Å². The SMILES string of the molecule is C=CC(=O)N[C@H]1O[C@H](CO)[C@H](O)[C@H](OCC(=O)O)[C@H]1O. The molecule has 20 heavy (non-hydrogen) atoms. The Kier molecular flexibility index (Phi) is 6.05. The third-order valence-corrected chi connectivity index (χ3v) is 2.73. The summed E-state index contributed by atoms with van der Waals surface area (Å²) in [5.74, 6) is -1.93. The zero-order valence-corrected chi connectivity index (χ0v) is 10.5. The van der Waals surface area contributed by atoms with Gasteiger partial charge in [-0.1, -0.05) is 6.58 Å². The van der Waals surface area contributed by atoms with E-state index >= 15 is 0 Å². The molecule has 5 atom stereocenters. The highest BCUT2D eigenvalue weighted by molar-refractivity contribution is 5.87. The molecular formula is C11H17NO8. The monoisotopic (exact) mass is 291 g/mol. The zero-order valence-electron chi connectivity index (χ0n) is 10.5. The molecule has 9 heteroatoms. The van der Waals surface area contributed by atoms with Crippen molar-refractivity contribution in [3.8, 4) is 0 Å². The van der Waals surface area contributed by atoms with Crippen LogP contribution in [-0.4, -0.2) is 76.2 Å². The normalized spacial score (nSPS) is 33.5. The number of carbonyl (C=O) groups excluding carboxylic acids is 1. The molecule has 114 valence electrons. The number of hydrogen-bond donors (Lipinski definition) is 5. The van der Waals surface area contributed by atoms with E-state index in [0.717, 1.165) is 6.08 Å². The van der Waals surface area contributed by atoms with E-state index in [0.29, 0.717) is 0 Å². The maximum absolute atomic E-state index is 11.2. The quantitative estimate of drug-likeness (QED) is 0.330. The molecule has 1 aliphatic heterocycles. The van der Waals surface area contributed by atoms with Gasteiger partial charge in [0, 0.05) is 0 Å². The van der Waals surface area contributed by atoms with Crippen LogP contribution in [0.2, 0.25) is 0 Å². The smallest absolute Gasteiger partial charge is 0.329 e. The van der Waals surface area contributed by atoms with Crippen molar-refractivity contribution in [1.82, 2.24) is 5.32 Å². The number of nitrogens with one attached hydrogen (secondary N) is 1. The van der Waals surface area contributed by atoms with E-state index < -0.39 is 55.7 Å². The van der Waals surface area contributed by atoms with E-state index in [2.05, 4.69) is 11.9 Å². The molecule has 0 aliphatic carbocycles. The molecule has 1 saturated heterocycles. The topological polar surface area (TPSA) is 146 Å². The summed E-state index contributed by atoms with van der Waals surface area (Å²) < 4.78 is 9.99. The van der Waals surface area contributed by atoms with E-state index in [1.807, 2.05) is 0 Å². The van der Waals surface area contributed by atoms with Crippen molar-refractivity contribution in [3.05, 3.63) is 12.7 Å². The van der Waals surface area contributed by atoms with Gasteiger partial charge in [0.1, 0.15) is 31.0 Å². The van der Waals surface area contributed by atoms with E-state index in [1.54, 1.807) is 0 Å². The fourth-order valence-electron chi connectivity index (χ4n) is 1.77. The Morgan fingerprint density at radius 2 is 2.00 bits per heavy atom. The summed E-state index contributed by atoms with van der Waals surface area (Å²) in [6.07, 6.45) is -5.72. The number of ether oxygens (including phenoxy) is 2. The van der Waals surface area contributed by atoms with Gasteiger partial charge < -0.3 is 35.2 Å². The van der Waals surface area contributed by atoms with Crippen LogP contribution in [-0.2, 0) is 19.1 Å². The summed E-state index contributed by atoms with van der Waals surface area (Å²) >= 11 is 0. The second kappa shape index (κ2) is 7.31. The second-order valence-corrected chi connectivity index (χ2v) is 4.14. The molecule has 1 fully saturated rings. The Morgan fingerprint density at radius 1 is 1.35 bits per heavy atom. The molecule has 0 unspecified atom stereocenters. The highest BCUT2D eigenvalue weighted by atomic mass is 16.6.